The average Bonchev–Trinajstić information content (AvgIpc) is 2.54. The fourth-order valence-corrected chi connectivity index (χ4v) is 2.74. The van der Waals surface area contributed by atoms with E-state index in [-0.39, 0.29) is 17.8 Å². The molecule has 1 aromatic carbocycles. The van der Waals surface area contributed by atoms with Crippen LogP contribution in [0.4, 0.5) is 4.39 Å². The highest BCUT2D eigenvalue weighted by molar-refractivity contribution is 5.76. The minimum Gasteiger partial charge on any atom is -0.350 e. The quantitative estimate of drug-likeness (QED) is 0.873. The highest BCUT2D eigenvalue weighted by atomic mass is 19.1. The zero-order valence-electron chi connectivity index (χ0n) is 13.5. The third-order valence-corrected chi connectivity index (χ3v) is 4.31. The van der Waals surface area contributed by atoms with Crippen LogP contribution in [0.2, 0.25) is 0 Å². The first-order valence-electron chi connectivity index (χ1n) is 8.08. The smallest absolute Gasteiger partial charge is 0.221 e. The van der Waals surface area contributed by atoms with Gasteiger partial charge in [-0.3, -0.25) is 4.79 Å². The van der Waals surface area contributed by atoms with E-state index < -0.39 is 0 Å². The molecule has 1 saturated heterocycles. The predicted molar refractivity (Wildman–Crippen MR) is 86.1 cm³/mol. The number of halogens is 1. The van der Waals surface area contributed by atoms with E-state index in [1.165, 1.54) is 12.1 Å². The highest BCUT2D eigenvalue weighted by Gasteiger charge is 2.16. The summed E-state index contributed by atoms with van der Waals surface area (Å²) < 4.78 is 12.9. The average molecular weight is 307 g/mol. The van der Waals surface area contributed by atoms with Crippen molar-refractivity contribution in [1.82, 2.24) is 15.1 Å². The van der Waals surface area contributed by atoms with Gasteiger partial charge in [-0.05, 0) is 31.2 Å². The van der Waals surface area contributed by atoms with Gasteiger partial charge in [0.1, 0.15) is 5.82 Å². The maximum Gasteiger partial charge on any atom is 0.221 e. The summed E-state index contributed by atoms with van der Waals surface area (Å²) in [6.07, 6.45) is 0.512. The molecular formula is C17H26FN3O. The highest BCUT2D eigenvalue weighted by Crippen LogP contribution is 2.13. The van der Waals surface area contributed by atoms with E-state index in [2.05, 4.69) is 22.0 Å². The fourth-order valence-electron chi connectivity index (χ4n) is 2.74. The molecule has 0 aliphatic carbocycles. The zero-order chi connectivity index (χ0) is 15.9. The molecule has 1 aliphatic rings. The summed E-state index contributed by atoms with van der Waals surface area (Å²) >= 11 is 0. The van der Waals surface area contributed by atoms with Crippen LogP contribution in [0.25, 0.3) is 0 Å². The zero-order valence-corrected chi connectivity index (χ0v) is 13.5. The molecule has 22 heavy (non-hydrogen) atoms. The lowest BCUT2D eigenvalue weighted by Crippen LogP contribution is -2.47. The number of benzene rings is 1. The first-order valence-corrected chi connectivity index (χ1v) is 8.08. The SMILES string of the molecule is CCN1CCN(CCC(=O)NC(C)c2ccc(F)cc2)CC1. The van der Waals surface area contributed by atoms with Gasteiger partial charge in [-0.15, -0.1) is 0 Å². The van der Waals surface area contributed by atoms with E-state index in [4.69, 9.17) is 0 Å². The first-order chi connectivity index (χ1) is 10.6. The molecule has 1 atom stereocenters. The molecule has 2 rings (SSSR count). The van der Waals surface area contributed by atoms with Crippen molar-refractivity contribution in [2.75, 3.05) is 39.3 Å². The van der Waals surface area contributed by atoms with Gasteiger partial charge < -0.3 is 15.1 Å². The van der Waals surface area contributed by atoms with Crippen LogP contribution in [-0.2, 0) is 4.79 Å². The Balaban J connectivity index is 1.70. The number of carbonyl (C=O) groups is 1. The number of nitrogens with zero attached hydrogens (tertiary/aromatic N) is 2. The summed E-state index contributed by atoms with van der Waals surface area (Å²) in [5.41, 5.74) is 0.923. The number of amides is 1. The Morgan fingerprint density at radius 2 is 1.77 bits per heavy atom. The largest absolute Gasteiger partial charge is 0.350 e. The molecule has 5 heteroatoms. The third-order valence-electron chi connectivity index (χ3n) is 4.31. The molecule has 0 radical (unpaired) electrons. The lowest BCUT2D eigenvalue weighted by molar-refractivity contribution is -0.122. The molecule has 1 amide bonds. The number of rotatable bonds is 6. The number of hydrogen-bond acceptors (Lipinski definition) is 3. The summed E-state index contributed by atoms with van der Waals surface area (Å²) in [5, 5.41) is 2.98. The van der Waals surface area contributed by atoms with Crippen molar-refractivity contribution in [3.8, 4) is 0 Å². The van der Waals surface area contributed by atoms with E-state index in [1.54, 1.807) is 12.1 Å². The molecule has 1 fully saturated rings. The summed E-state index contributed by atoms with van der Waals surface area (Å²) in [7, 11) is 0. The van der Waals surface area contributed by atoms with Crippen LogP contribution in [0.15, 0.2) is 24.3 Å². The lowest BCUT2D eigenvalue weighted by Gasteiger charge is -2.33. The standard InChI is InChI=1S/C17H26FN3O/c1-3-20-10-12-21(13-11-20)9-8-17(22)19-14(2)15-4-6-16(18)7-5-15/h4-7,14H,3,8-13H2,1-2H3,(H,19,22). The topological polar surface area (TPSA) is 35.6 Å². The second-order valence-electron chi connectivity index (χ2n) is 5.87. The monoisotopic (exact) mass is 307 g/mol. The molecule has 0 saturated carbocycles. The second kappa shape index (κ2) is 8.25. The molecule has 122 valence electrons. The summed E-state index contributed by atoms with van der Waals surface area (Å²) in [6, 6.07) is 6.18. The Bertz CT molecular complexity index is 469. The van der Waals surface area contributed by atoms with Gasteiger partial charge in [0.2, 0.25) is 5.91 Å². The normalized spacial score (nSPS) is 18.1. The van der Waals surface area contributed by atoms with Gasteiger partial charge in [0.05, 0.1) is 6.04 Å². The van der Waals surface area contributed by atoms with Gasteiger partial charge in [0.15, 0.2) is 0 Å². The Morgan fingerprint density at radius 1 is 1.18 bits per heavy atom. The van der Waals surface area contributed by atoms with Crippen LogP contribution >= 0.6 is 0 Å². The Hall–Kier alpha value is -1.46. The summed E-state index contributed by atoms with van der Waals surface area (Å²) in [5.74, 6) is -0.205. The van der Waals surface area contributed by atoms with E-state index in [0.29, 0.717) is 6.42 Å². The number of hydrogen-bond donors (Lipinski definition) is 1. The Kier molecular flexibility index (Phi) is 6.34. The number of nitrogens with one attached hydrogen (secondary N) is 1. The molecule has 0 aromatic heterocycles. The molecule has 1 N–H and O–H groups in total. The van der Waals surface area contributed by atoms with E-state index in [1.807, 2.05) is 6.92 Å². The van der Waals surface area contributed by atoms with Crippen LogP contribution in [-0.4, -0.2) is 55.0 Å². The summed E-state index contributed by atoms with van der Waals surface area (Å²) in [4.78, 5) is 16.8. The fraction of sp³-hybridized carbons (Fsp3) is 0.588. The van der Waals surface area contributed by atoms with E-state index >= 15 is 0 Å². The maximum atomic E-state index is 12.9. The van der Waals surface area contributed by atoms with Gasteiger partial charge in [0.25, 0.3) is 0 Å². The molecule has 0 bridgehead atoms. The molecule has 1 aliphatic heterocycles. The van der Waals surface area contributed by atoms with Crippen molar-refractivity contribution in [2.24, 2.45) is 0 Å². The second-order valence-corrected chi connectivity index (χ2v) is 5.87. The van der Waals surface area contributed by atoms with Gasteiger partial charge in [-0.1, -0.05) is 19.1 Å². The van der Waals surface area contributed by atoms with Crippen molar-refractivity contribution in [1.29, 1.82) is 0 Å². The number of carbonyl (C=O) groups excluding carboxylic acids is 1. The van der Waals surface area contributed by atoms with Gasteiger partial charge in [0, 0.05) is 39.1 Å². The van der Waals surface area contributed by atoms with Gasteiger partial charge >= 0.3 is 0 Å². The van der Waals surface area contributed by atoms with Crippen LogP contribution in [0, 0.1) is 5.82 Å². The minimum atomic E-state index is -0.256. The van der Waals surface area contributed by atoms with Crippen LogP contribution < -0.4 is 5.32 Å². The first kappa shape index (κ1) is 16.9. The van der Waals surface area contributed by atoms with Gasteiger partial charge in [-0.2, -0.15) is 0 Å². The van der Waals surface area contributed by atoms with Crippen LogP contribution in [0.3, 0.4) is 0 Å². The molecule has 0 spiro atoms. The van der Waals surface area contributed by atoms with Crippen molar-refractivity contribution < 1.29 is 9.18 Å². The van der Waals surface area contributed by atoms with Crippen LogP contribution in [0.1, 0.15) is 31.9 Å². The number of piperazine rings is 1. The molecular weight excluding hydrogens is 281 g/mol. The third kappa shape index (κ3) is 5.07. The summed E-state index contributed by atoms with van der Waals surface area (Å²) in [6.45, 7) is 10.3. The van der Waals surface area contributed by atoms with Crippen molar-refractivity contribution >= 4 is 5.91 Å². The van der Waals surface area contributed by atoms with Gasteiger partial charge in [-0.25, -0.2) is 4.39 Å². The Labute approximate surface area is 132 Å². The maximum absolute atomic E-state index is 12.9. The van der Waals surface area contributed by atoms with E-state index in [9.17, 15) is 9.18 Å². The van der Waals surface area contributed by atoms with E-state index in [0.717, 1.165) is 44.8 Å². The van der Waals surface area contributed by atoms with Crippen molar-refractivity contribution in [3.05, 3.63) is 35.6 Å². The predicted octanol–water partition coefficient (Wildman–Crippen LogP) is 2.03. The molecule has 1 heterocycles. The molecule has 1 unspecified atom stereocenters. The Morgan fingerprint density at radius 3 is 2.36 bits per heavy atom. The van der Waals surface area contributed by atoms with Crippen molar-refractivity contribution in [3.63, 3.8) is 0 Å². The minimum absolute atomic E-state index is 0.0507. The van der Waals surface area contributed by atoms with Crippen LogP contribution in [0.5, 0.6) is 0 Å². The lowest BCUT2D eigenvalue weighted by atomic mass is 10.1. The molecule has 4 nitrogen and oxygen atoms in total. The van der Waals surface area contributed by atoms with Crippen molar-refractivity contribution in [2.45, 2.75) is 26.3 Å². The molecule has 1 aromatic rings. The number of likely N-dealkylation sites (N-methyl/N-ethyl adjacent to an activating group) is 1.